The fraction of sp³-hybridized carbons (Fsp3) is 0.216. The van der Waals surface area contributed by atoms with Gasteiger partial charge in [-0.3, -0.25) is 4.79 Å². The molecule has 6 rings (SSSR count). The molecule has 0 N–H and O–H groups in total. The minimum atomic E-state index is -0.636. The SMILES string of the molecule is CC(C)[C@]1(C)c2ccccc2N(C)[C@]12C=C(c1ccccc1)C=C(c1ccccc1)[C@H]2C(=O)c1ccccc1. The van der Waals surface area contributed by atoms with E-state index in [0.29, 0.717) is 0 Å². The number of carbonyl (C=O) groups excluding carboxylic acids is 1. The quantitative estimate of drug-likeness (QED) is 0.252. The molecule has 0 unspecified atom stereocenters. The van der Waals surface area contributed by atoms with E-state index in [4.69, 9.17) is 0 Å². The highest BCUT2D eigenvalue weighted by molar-refractivity contribution is 6.10. The van der Waals surface area contributed by atoms with Crippen LogP contribution in [0.3, 0.4) is 0 Å². The van der Waals surface area contributed by atoms with Gasteiger partial charge in [-0.15, -0.1) is 0 Å². The van der Waals surface area contributed by atoms with E-state index >= 15 is 0 Å². The predicted molar refractivity (Wildman–Crippen MR) is 163 cm³/mol. The van der Waals surface area contributed by atoms with E-state index in [1.54, 1.807) is 0 Å². The first-order valence-electron chi connectivity index (χ1n) is 13.9. The third kappa shape index (κ3) is 3.66. The lowest BCUT2D eigenvalue weighted by Crippen LogP contribution is -2.64. The van der Waals surface area contributed by atoms with E-state index in [1.807, 2.05) is 36.4 Å². The van der Waals surface area contributed by atoms with Crippen molar-refractivity contribution in [3.05, 3.63) is 150 Å². The van der Waals surface area contributed by atoms with E-state index in [0.717, 1.165) is 27.8 Å². The normalized spacial score (nSPS) is 23.9. The molecule has 3 atom stereocenters. The Morgan fingerprint density at radius 1 is 0.744 bits per heavy atom. The van der Waals surface area contributed by atoms with Crippen LogP contribution in [0, 0.1) is 11.8 Å². The van der Waals surface area contributed by atoms with Gasteiger partial charge in [0.25, 0.3) is 0 Å². The molecule has 4 aromatic carbocycles. The number of carbonyl (C=O) groups is 1. The minimum absolute atomic E-state index is 0.153. The standard InChI is InChI=1S/C37H35NO/c1-26(2)36(3)32-22-14-15-23-33(32)38(4)37(36)25-30(27-16-8-5-9-17-27)24-31(28-18-10-6-11-19-28)34(37)35(39)29-20-12-7-13-21-29/h5-26,34H,1-4H3/t34-,36+,37-/m0/s1. The zero-order valence-electron chi connectivity index (χ0n) is 23.1. The number of Topliss-reactive ketones (excluding diaryl/α,β-unsaturated/α-hetero) is 1. The summed E-state index contributed by atoms with van der Waals surface area (Å²) in [5, 5.41) is 0. The van der Waals surface area contributed by atoms with E-state index in [2.05, 4.69) is 124 Å². The van der Waals surface area contributed by atoms with Crippen molar-refractivity contribution >= 4 is 22.6 Å². The van der Waals surface area contributed by atoms with Crippen molar-refractivity contribution in [2.75, 3.05) is 11.9 Å². The first-order valence-corrected chi connectivity index (χ1v) is 13.9. The molecule has 194 valence electrons. The number of allylic oxidation sites excluding steroid dienone is 2. The summed E-state index contributed by atoms with van der Waals surface area (Å²) in [5.74, 6) is -0.00164. The Morgan fingerprint density at radius 3 is 1.90 bits per heavy atom. The maximum Gasteiger partial charge on any atom is 0.173 e. The highest BCUT2D eigenvalue weighted by Crippen LogP contribution is 2.62. The number of hydrogen-bond acceptors (Lipinski definition) is 2. The van der Waals surface area contributed by atoms with Gasteiger partial charge in [-0.1, -0.05) is 130 Å². The van der Waals surface area contributed by atoms with Crippen LogP contribution in [0.15, 0.2) is 127 Å². The zero-order valence-corrected chi connectivity index (χ0v) is 23.1. The number of benzene rings is 4. The Bertz CT molecular complexity index is 1570. The van der Waals surface area contributed by atoms with E-state index in [1.165, 1.54) is 11.3 Å². The van der Waals surface area contributed by atoms with Crippen LogP contribution in [-0.4, -0.2) is 18.4 Å². The average molecular weight is 510 g/mol. The maximum atomic E-state index is 14.9. The number of anilines is 1. The third-order valence-electron chi connectivity index (χ3n) is 9.34. The lowest BCUT2D eigenvalue weighted by molar-refractivity contribution is 0.0853. The van der Waals surface area contributed by atoms with Crippen molar-refractivity contribution in [2.24, 2.45) is 11.8 Å². The number of nitrogens with zero attached hydrogens (tertiary/aromatic N) is 1. The van der Waals surface area contributed by atoms with Gasteiger partial charge in [0, 0.05) is 23.7 Å². The largest absolute Gasteiger partial charge is 0.363 e. The number of rotatable bonds is 5. The van der Waals surface area contributed by atoms with Crippen LogP contribution in [0.4, 0.5) is 5.69 Å². The van der Waals surface area contributed by atoms with Crippen LogP contribution in [-0.2, 0) is 5.41 Å². The summed E-state index contributed by atoms with van der Waals surface area (Å²) in [6.45, 7) is 6.98. The summed E-state index contributed by atoms with van der Waals surface area (Å²) >= 11 is 0. The van der Waals surface area contributed by atoms with Crippen molar-refractivity contribution in [2.45, 2.75) is 31.7 Å². The molecule has 0 fully saturated rings. The van der Waals surface area contributed by atoms with Gasteiger partial charge >= 0.3 is 0 Å². The Kier molecular flexibility index (Phi) is 6.14. The number of fused-ring (bicyclic) bond motifs is 1. The molecule has 0 saturated carbocycles. The predicted octanol–water partition coefficient (Wildman–Crippen LogP) is 8.47. The van der Waals surface area contributed by atoms with Gasteiger partial charge in [-0.2, -0.15) is 0 Å². The van der Waals surface area contributed by atoms with Gasteiger partial charge in [-0.05, 0) is 52.0 Å². The van der Waals surface area contributed by atoms with E-state index in [-0.39, 0.29) is 17.1 Å². The van der Waals surface area contributed by atoms with E-state index < -0.39 is 11.5 Å². The lowest BCUT2D eigenvalue weighted by atomic mass is 9.53. The van der Waals surface area contributed by atoms with Crippen LogP contribution in [0.5, 0.6) is 0 Å². The van der Waals surface area contributed by atoms with Crippen molar-refractivity contribution in [1.29, 1.82) is 0 Å². The first-order chi connectivity index (χ1) is 18.9. The summed E-state index contributed by atoms with van der Waals surface area (Å²) in [4.78, 5) is 17.3. The number of ketones is 1. The monoisotopic (exact) mass is 509 g/mol. The Labute approximate surface area is 232 Å². The molecule has 0 saturated heterocycles. The van der Waals surface area contributed by atoms with Crippen molar-refractivity contribution in [3.63, 3.8) is 0 Å². The molecule has 1 aliphatic carbocycles. The highest BCUT2D eigenvalue weighted by atomic mass is 16.1. The molecule has 2 aliphatic rings. The second-order valence-corrected chi connectivity index (χ2v) is 11.4. The van der Waals surface area contributed by atoms with Crippen LogP contribution in [0.1, 0.15) is 47.8 Å². The summed E-state index contributed by atoms with van der Waals surface area (Å²) in [6, 6.07) is 39.6. The van der Waals surface area contributed by atoms with Crippen molar-refractivity contribution < 1.29 is 4.79 Å². The van der Waals surface area contributed by atoms with Gasteiger partial charge in [0.15, 0.2) is 5.78 Å². The van der Waals surface area contributed by atoms with Crippen LogP contribution < -0.4 is 4.90 Å². The Morgan fingerprint density at radius 2 is 1.28 bits per heavy atom. The fourth-order valence-electron chi connectivity index (χ4n) is 7.12. The molecule has 0 aromatic heterocycles. The minimum Gasteiger partial charge on any atom is -0.363 e. The average Bonchev–Trinajstić information content (AvgIpc) is 3.18. The molecule has 2 heteroatoms. The van der Waals surface area contributed by atoms with Gasteiger partial charge in [0.2, 0.25) is 0 Å². The summed E-state index contributed by atoms with van der Waals surface area (Å²) in [6.07, 6.45) is 4.68. The fourth-order valence-corrected chi connectivity index (χ4v) is 7.12. The molecular formula is C37H35NO. The second kappa shape index (κ2) is 9.54. The molecule has 0 bridgehead atoms. The molecule has 0 amide bonds. The zero-order chi connectivity index (χ0) is 27.2. The molecule has 4 aromatic rings. The molecule has 0 radical (unpaired) electrons. The summed E-state index contributed by atoms with van der Waals surface area (Å²) < 4.78 is 0. The smallest absolute Gasteiger partial charge is 0.173 e. The number of hydrogen-bond donors (Lipinski definition) is 0. The number of para-hydroxylation sites is 1. The molecule has 1 spiro atoms. The topological polar surface area (TPSA) is 20.3 Å². The van der Waals surface area contributed by atoms with Crippen LogP contribution >= 0.6 is 0 Å². The van der Waals surface area contributed by atoms with E-state index in [9.17, 15) is 4.79 Å². The number of likely N-dealkylation sites (N-methyl/N-ethyl adjacent to an activating group) is 1. The lowest BCUT2D eigenvalue weighted by Gasteiger charge is -2.55. The van der Waals surface area contributed by atoms with Gasteiger partial charge < -0.3 is 4.90 Å². The third-order valence-corrected chi connectivity index (χ3v) is 9.34. The maximum absolute atomic E-state index is 14.9. The highest BCUT2D eigenvalue weighted by Gasteiger charge is 2.65. The first kappa shape index (κ1) is 25.1. The molecule has 1 aliphatic heterocycles. The molecule has 1 heterocycles. The van der Waals surface area contributed by atoms with Crippen molar-refractivity contribution in [3.8, 4) is 0 Å². The van der Waals surface area contributed by atoms with Crippen LogP contribution in [0.25, 0.3) is 11.1 Å². The van der Waals surface area contributed by atoms with Gasteiger partial charge in [-0.25, -0.2) is 0 Å². The second-order valence-electron chi connectivity index (χ2n) is 11.4. The molecule has 39 heavy (non-hydrogen) atoms. The van der Waals surface area contributed by atoms with Gasteiger partial charge in [0.05, 0.1) is 11.5 Å². The summed E-state index contributed by atoms with van der Waals surface area (Å²) in [7, 11) is 2.19. The van der Waals surface area contributed by atoms with Crippen molar-refractivity contribution in [1.82, 2.24) is 0 Å². The Balaban J connectivity index is 1.73. The summed E-state index contributed by atoms with van der Waals surface area (Å²) in [5.41, 5.74) is 6.72. The van der Waals surface area contributed by atoms with Crippen LogP contribution in [0.2, 0.25) is 0 Å². The molecule has 2 nitrogen and oxygen atoms in total. The van der Waals surface area contributed by atoms with Gasteiger partial charge in [0.1, 0.15) is 0 Å². The molecular weight excluding hydrogens is 474 g/mol. The Hall–Kier alpha value is -4.17.